The highest BCUT2D eigenvalue weighted by Gasteiger charge is 2.61. The lowest BCUT2D eigenvalue weighted by Gasteiger charge is -2.57. The van der Waals surface area contributed by atoms with Gasteiger partial charge in [-0.05, 0) is 81.8 Å². The quantitative estimate of drug-likeness (QED) is 0.449. The largest absolute Gasteiger partial charge is 0.504 e. The lowest BCUT2D eigenvalue weighted by atomic mass is 9.52. The lowest BCUT2D eigenvalue weighted by molar-refractivity contribution is -0.0986. The summed E-state index contributed by atoms with van der Waals surface area (Å²) in [4.78, 5) is 13.5. The van der Waals surface area contributed by atoms with Crippen molar-refractivity contribution in [3.8, 4) is 11.5 Å². The van der Waals surface area contributed by atoms with E-state index in [1.54, 1.807) is 24.3 Å². The molecule has 3 N–H and O–H groups in total. The number of aliphatic hydroxyl groups is 1. The summed E-state index contributed by atoms with van der Waals surface area (Å²) in [6.07, 6.45) is 4.73. The monoisotopic (exact) mass is 528 g/mol. The molecule has 2 unspecified atom stereocenters. The van der Waals surface area contributed by atoms with Crippen LogP contribution in [-0.4, -0.2) is 60.7 Å². The Hall–Kier alpha value is -2.62. The van der Waals surface area contributed by atoms with E-state index in [0.29, 0.717) is 44.4 Å². The molecule has 3 atom stereocenters. The average Bonchev–Trinajstić information content (AvgIpc) is 3.09. The minimum absolute atomic E-state index is 0.0109. The zero-order valence-corrected chi connectivity index (χ0v) is 22.3. The first kappa shape index (κ1) is 26.0. The molecule has 1 fully saturated rings. The summed E-state index contributed by atoms with van der Waals surface area (Å²) in [6.45, 7) is 3.57. The number of carbonyl (C=O) groups is 1. The van der Waals surface area contributed by atoms with Gasteiger partial charge in [0.25, 0.3) is 15.9 Å². The Morgan fingerprint density at radius 2 is 1.95 bits per heavy atom. The van der Waals surface area contributed by atoms with Gasteiger partial charge in [-0.15, -0.1) is 0 Å². The number of amides is 1. The second kappa shape index (κ2) is 9.60. The SMILES string of the molecule is CCCCNCC[C@]12CC(N3C(=O)c4ccccc4S3(=O)=O)CCC1(O)CCc1ccc(O)c(OC)c12. The minimum atomic E-state index is -4.01. The number of carbonyl (C=O) groups excluding carboxylic acids is 1. The first-order valence-corrected chi connectivity index (χ1v) is 14.6. The van der Waals surface area contributed by atoms with Crippen molar-refractivity contribution in [3.63, 3.8) is 0 Å². The third-order valence-corrected chi connectivity index (χ3v) is 10.6. The van der Waals surface area contributed by atoms with Crippen LogP contribution in [0, 0.1) is 0 Å². The maximum absolute atomic E-state index is 13.6. The average molecular weight is 529 g/mol. The van der Waals surface area contributed by atoms with Gasteiger partial charge < -0.3 is 20.3 Å². The normalized spacial score (nSPS) is 27.9. The third-order valence-electron chi connectivity index (χ3n) is 8.70. The Labute approximate surface area is 218 Å². The molecule has 1 saturated carbocycles. The molecule has 1 heterocycles. The highest BCUT2D eigenvalue weighted by Crippen LogP contribution is 2.59. The molecule has 0 saturated heterocycles. The minimum Gasteiger partial charge on any atom is -0.504 e. The van der Waals surface area contributed by atoms with Crippen LogP contribution in [0.25, 0.3) is 0 Å². The number of methoxy groups -OCH3 is 1. The molecule has 200 valence electrons. The van der Waals surface area contributed by atoms with Crippen LogP contribution < -0.4 is 10.1 Å². The molecule has 37 heavy (non-hydrogen) atoms. The molecule has 8 nitrogen and oxygen atoms in total. The number of ether oxygens (including phenoxy) is 1. The summed E-state index contributed by atoms with van der Waals surface area (Å²) in [5.74, 6) is -0.201. The van der Waals surface area contributed by atoms with Crippen LogP contribution in [0.4, 0.5) is 0 Å². The Morgan fingerprint density at radius 1 is 1.16 bits per heavy atom. The number of aromatic hydroxyl groups is 1. The van der Waals surface area contributed by atoms with Crippen molar-refractivity contribution in [1.82, 2.24) is 9.62 Å². The standard InChI is InChI=1S/C28H36N2O6S/c1-3-4-16-29-17-15-27-18-20(30-26(32)21-7-5-6-8-23(21)37(30,34)35)12-14-28(27,33)13-11-19-9-10-22(31)25(36-2)24(19)27/h5-10,20,29,31,33H,3-4,11-18H2,1-2H3/t20?,27-,28?/m1/s1. The van der Waals surface area contributed by atoms with Crippen molar-refractivity contribution < 1.29 is 28.2 Å². The summed E-state index contributed by atoms with van der Waals surface area (Å²) in [7, 11) is -2.51. The number of nitrogens with zero attached hydrogens (tertiary/aromatic N) is 1. The summed E-state index contributed by atoms with van der Waals surface area (Å²) in [5.41, 5.74) is -0.113. The van der Waals surface area contributed by atoms with E-state index in [2.05, 4.69) is 12.2 Å². The summed E-state index contributed by atoms with van der Waals surface area (Å²) < 4.78 is 33.9. The Balaban J connectivity index is 1.61. The van der Waals surface area contributed by atoms with Gasteiger partial charge >= 0.3 is 0 Å². The fourth-order valence-electron chi connectivity index (χ4n) is 6.88. The number of unbranched alkanes of at least 4 members (excludes halogenated alkanes) is 1. The van der Waals surface area contributed by atoms with Crippen LogP contribution in [0.2, 0.25) is 0 Å². The van der Waals surface area contributed by atoms with E-state index >= 15 is 0 Å². The second-order valence-corrected chi connectivity index (χ2v) is 12.4. The molecule has 5 rings (SSSR count). The third kappa shape index (κ3) is 3.94. The number of sulfonamides is 1. The van der Waals surface area contributed by atoms with Crippen LogP contribution in [0.1, 0.15) is 73.4 Å². The number of aryl methyl sites for hydroxylation is 1. The van der Waals surface area contributed by atoms with Crippen LogP contribution in [-0.2, 0) is 21.9 Å². The molecule has 9 heteroatoms. The maximum atomic E-state index is 13.6. The predicted molar refractivity (Wildman–Crippen MR) is 139 cm³/mol. The number of hydrogen-bond acceptors (Lipinski definition) is 7. The molecule has 2 aliphatic carbocycles. The number of benzene rings is 2. The molecule has 0 radical (unpaired) electrons. The van der Waals surface area contributed by atoms with Gasteiger partial charge in [0.05, 0.1) is 18.3 Å². The number of rotatable bonds is 8. The van der Waals surface area contributed by atoms with Crippen molar-refractivity contribution in [2.75, 3.05) is 20.2 Å². The van der Waals surface area contributed by atoms with E-state index in [4.69, 9.17) is 4.74 Å². The first-order valence-electron chi connectivity index (χ1n) is 13.2. The van der Waals surface area contributed by atoms with Crippen LogP contribution in [0.3, 0.4) is 0 Å². The fraction of sp³-hybridized carbons (Fsp3) is 0.536. The summed E-state index contributed by atoms with van der Waals surface area (Å²) >= 11 is 0. The van der Waals surface area contributed by atoms with Gasteiger partial charge in [0.15, 0.2) is 11.5 Å². The van der Waals surface area contributed by atoms with Gasteiger partial charge in [0.2, 0.25) is 0 Å². The van der Waals surface area contributed by atoms with Gasteiger partial charge in [-0.25, -0.2) is 12.7 Å². The Bertz CT molecular complexity index is 1310. The number of fused-ring (bicyclic) bond motifs is 4. The van der Waals surface area contributed by atoms with Crippen molar-refractivity contribution >= 4 is 15.9 Å². The van der Waals surface area contributed by atoms with Crippen LogP contribution in [0.5, 0.6) is 11.5 Å². The lowest BCUT2D eigenvalue weighted by Crippen LogP contribution is -2.62. The molecule has 0 bridgehead atoms. The number of phenolic OH excluding ortho intramolecular Hbond substituents is 1. The van der Waals surface area contributed by atoms with Crippen LogP contribution in [0.15, 0.2) is 41.3 Å². The molecule has 2 aromatic rings. The molecule has 0 spiro atoms. The van der Waals surface area contributed by atoms with Crippen molar-refractivity contribution in [1.29, 1.82) is 0 Å². The van der Waals surface area contributed by atoms with Crippen LogP contribution >= 0.6 is 0 Å². The summed E-state index contributed by atoms with van der Waals surface area (Å²) in [5, 5.41) is 26.4. The van der Waals surface area contributed by atoms with Crippen molar-refractivity contribution in [2.24, 2.45) is 0 Å². The van der Waals surface area contributed by atoms with Crippen molar-refractivity contribution in [3.05, 3.63) is 53.1 Å². The van der Waals surface area contributed by atoms with Gasteiger partial charge in [0.1, 0.15) is 4.90 Å². The molecule has 1 amide bonds. The van der Waals surface area contributed by atoms with E-state index in [1.807, 2.05) is 6.07 Å². The second-order valence-electron chi connectivity index (χ2n) is 10.6. The van der Waals surface area contributed by atoms with Gasteiger partial charge in [-0.1, -0.05) is 31.5 Å². The summed E-state index contributed by atoms with van der Waals surface area (Å²) in [6, 6.07) is 9.19. The number of phenols is 1. The van der Waals surface area contributed by atoms with E-state index in [-0.39, 0.29) is 22.6 Å². The zero-order valence-electron chi connectivity index (χ0n) is 21.5. The van der Waals surface area contributed by atoms with E-state index in [9.17, 15) is 23.4 Å². The first-order chi connectivity index (χ1) is 17.7. The Morgan fingerprint density at radius 3 is 2.68 bits per heavy atom. The highest BCUT2D eigenvalue weighted by molar-refractivity contribution is 7.90. The maximum Gasteiger partial charge on any atom is 0.269 e. The van der Waals surface area contributed by atoms with Gasteiger partial charge in [-0.3, -0.25) is 4.79 Å². The molecule has 2 aromatic carbocycles. The fourth-order valence-corrected chi connectivity index (χ4v) is 8.67. The van der Waals surface area contributed by atoms with Crippen molar-refractivity contribution in [2.45, 2.75) is 80.2 Å². The molecule has 3 aliphatic rings. The molecule has 1 aliphatic heterocycles. The molecule has 0 aromatic heterocycles. The molecular weight excluding hydrogens is 492 g/mol. The Kier molecular flexibility index (Phi) is 6.75. The molecular formula is C28H36N2O6S. The van der Waals surface area contributed by atoms with E-state index < -0.39 is 33.0 Å². The highest BCUT2D eigenvalue weighted by atomic mass is 32.2. The van der Waals surface area contributed by atoms with Gasteiger partial charge in [-0.2, -0.15) is 0 Å². The number of nitrogens with one attached hydrogen (secondary N) is 1. The van der Waals surface area contributed by atoms with Gasteiger partial charge in [0, 0.05) is 17.0 Å². The zero-order chi connectivity index (χ0) is 26.4. The van der Waals surface area contributed by atoms with E-state index in [0.717, 1.165) is 34.8 Å². The van der Waals surface area contributed by atoms with E-state index in [1.165, 1.54) is 13.2 Å². The predicted octanol–water partition coefficient (Wildman–Crippen LogP) is 3.49. The number of hydrogen-bond donors (Lipinski definition) is 3. The smallest absolute Gasteiger partial charge is 0.269 e. The topological polar surface area (TPSA) is 116 Å².